The third-order valence-electron chi connectivity index (χ3n) is 2.35. The number of rotatable bonds is 3. The Balaban J connectivity index is 2.40. The second kappa shape index (κ2) is 5.04. The molecule has 2 rings (SSSR count). The minimum atomic E-state index is -0.987. The summed E-state index contributed by atoms with van der Waals surface area (Å²) in [4.78, 5) is 11.8. The number of nitrogens with zero attached hydrogens (tertiary/aromatic N) is 2. The van der Waals surface area contributed by atoms with Gasteiger partial charge in [0.15, 0.2) is 0 Å². The van der Waals surface area contributed by atoms with E-state index in [1.807, 2.05) is 20.0 Å². The van der Waals surface area contributed by atoms with E-state index < -0.39 is 5.97 Å². The van der Waals surface area contributed by atoms with Gasteiger partial charge in [0.05, 0.1) is 16.3 Å². The van der Waals surface area contributed by atoms with Crippen molar-refractivity contribution in [2.24, 2.45) is 7.05 Å². The molecule has 0 saturated heterocycles. The van der Waals surface area contributed by atoms with Crippen LogP contribution in [0.4, 0.5) is 0 Å². The van der Waals surface area contributed by atoms with Gasteiger partial charge in [-0.25, -0.2) is 4.79 Å². The van der Waals surface area contributed by atoms with Gasteiger partial charge in [0, 0.05) is 17.0 Å². The Hall–Kier alpha value is -1.46. The average molecular weight is 283 g/mol. The van der Waals surface area contributed by atoms with Gasteiger partial charge in [-0.2, -0.15) is 5.10 Å². The molecule has 6 heteroatoms. The van der Waals surface area contributed by atoms with Crippen LogP contribution in [0.5, 0.6) is 0 Å². The van der Waals surface area contributed by atoms with Crippen LogP contribution in [0, 0.1) is 6.92 Å². The molecule has 4 nitrogen and oxygen atoms in total. The number of carboxylic acids is 1. The molecule has 0 saturated carbocycles. The van der Waals surface area contributed by atoms with Crippen LogP contribution in [0.25, 0.3) is 0 Å². The zero-order valence-corrected chi connectivity index (χ0v) is 11.4. The normalized spacial score (nSPS) is 10.6. The summed E-state index contributed by atoms with van der Waals surface area (Å²) in [5, 5.41) is 14.7. The third kappa shape index (κ3) is 2.68. The lowest BCUT2D eigenvalue weighted by atomic mass is 10.2. The first-order chi connectivity index (χ1) is 8.47. The summed E-state index contributed by atoms with van der Waals surface area (Å²) >= 11 is 7.17. The van der Waals surface area contributed by atoms with Crippen LogP contribution in [0.1, 0.15) is 16.1 Å². The number of aromatic carboxylic acids is 1. The Kier molecular flexibility index (Phi) is 3.63. The number of aromatic nitrogens is 2. The van der Waals surface area contributed by atoms with E-state index in [4.69, 9.17) is 16.7 Å². The largest absolute Gasteiger partial charge is 0.478 e. The molecule has 18 heavy (non-hydrogen) atoms. The van der Waals surface area contributed by atoms with Crippen molar-refractivity contribution in [3.8, 4) is 0 Å². The molecule has 0 unspecified atom stereocenters. The van der Waals surface area contributed by atoms with Gasteiger partial charge < -0.3 is 5.11 Å². The molecule has 0 spiro atoms. The van der Waals surface area contributed by atoms with Crippen LogP contribution >= 0.6 is 23.4 Å². The zero-order valence-electron chi connectivity index (χ0n) is 9.85. The highest BCUT2D eigenvalue weighted by atomic mass is 35.5. The molecule has 1 aromatic carbocycles. The van der Waals surface area contributed by atoms with E-state index in [1.54, 1.807) is 16.8 Å². The van der Waals surface area contributed by atoms with Gasteiger partial charge >= 0.3 is 5.97 Å². The highest BCUT2D eigenvalue weighted by molar-refractivity contribution is 7.99. The average Bonchev–Trinajstić information content (AvgIpc) is 2.60. The monoisotopic (exact) mass is 282 g/mol. The van der Waals surface area contributed by atoms with Crippen molar-refractivity contribution in [1.29, 1.82) is 0 Å². The molecule has 1 heterocycles. The van der Waals surface area contributed by atoms with E-state index in [1.165, 1.54) is 17.8 Å². The van der Waals surface area contributed by atoms with E-state index in [2.05, 4.69) is 5.10 Å². The Morgan fingerprint density at radius 3 is 2.72 bits per heavy atom. The molecule has 0 amide bonds. The third-order valence-corrected chi connectivity index (χ3v) is 3.75. The summed E-state index contributed by atoms with van der Waals surface area (Å²) in [7, 11) is 1.83. The molecular weight excluding hydrogens is 272 g/mol. The van der Waals surface area contributed by atoms with Crippen LogP contribution in [-0.2, 0) is 7.05 Å². The zero-order chi connectivity index (χ0) is 13.3. The SMILES string of the molecule is Cc1cc(Sc2ccc(Cl)cc2C(=O)O)n(C)n1. The summed E-state index contributed by atoms with van der Waals surface area (Å²) in [5.41, 5.74) is 1.09. The first-order valence-corrected chi connectivity index (χ1v) is 6.38. The highest BCUT2D eigenvalue weighted by Gasteiger charge is 2.13. The molecule has 0 aliphatic heterocycles. The van der Waals surface area contributed by atoms with Gasteiger partial charge in [0.1, 0.15) is 0 Å². The van der Waals surface area contributed by atoms with Crippen molar-refractivity contribution >= 4 is 29.3 Å². The summed E-state index contributed by atoms with van der Waals surface area (Å²) < 4.78 is 1.72. The van der Waals surface area contributed by atoms with Crippen LogP contribution in [0.3, 0.4) is 0 Å². The number of hydrogen-bond donors (Lipinski definition) is 1. The van der Waals surface area contributed by atoms with E-state index in [-0.39, 0.29) is 5.56 Å². The number of benzene rings is 1. The van der Waals surface area contributed by atoms with Gasteiger partial charge in [0.25, 0.3) is 0 Å². The summed E-state index contributed by atoms with van der Waals surface area (Å²) in [6, 6.07) is 6.75. The maximum atomic E-state index is 11.2. The molecule has 1 N–H and O–H groups in total. The lowest BCUT2D eigenvalue weighted by molar-refractivity contribution is 0.0693. The summed E-state index contributed by atoms with van der Waals surface area (Å²) in [5.74, 6) is -0.987. The van der Waals surface area contributed by atoms with Crippen LogP contribution in [0.15, 0.2) is 34.2 Å². The van der Waals surface area contributed by atoms with Crippen LogP contribution in [0.2, 0.25) is 5.02 Å². The van der Waals surface area contributed by atoms with E-state index in [9.17, 15) is 4.79 Å². The Labute approximate surface area is 114 Å². The molecule has 0 atom stereocenters. The fraction of sp³-hybridized carbons (Fsp3) is 0.167. The van der Waals surface area contributed by atoms with Crippen molar-refractivity contribution in [1.82, 2.24) is 9.78 Å². The molecular formula is C12H11ClN2O2S. The van der Waals surface area contributed by atoms with Gasteiger partial charge in [-0.05, 0) is 31.2 Å². The lowest BCUT2D eigenvalue weighted by Gasteiger charge is -2.06. The van der Waals surface area contributed by atoms with E-state index >= 15 is 0 Å². The Bertz CT molecular complexity index is 610. The quantitative estimate of drug-likeness (QED) is 0.939. The molecule has 1 aromatic heterocycles. The number of hydrogen-bond acceptors (Lipinski definition) is 3. The topological polar surface area (TPSA) is 55.1 Å². The Morgan fingerprint density at radius 2 is 2.17 bits per heavy atom. The smallest absolute Gasteiger partial charge is 0.336 e. The summed E-state index contributed by atoms with van der Waals surface area (Å²) in [6.45, 7) is 1.89. The van der Waals surface area contributed by atoms with Crippen molar-refractivity contribution in [2.45, 2.75) is 16.8 Å². The molecule has 0 radical (unpaired) electrons. The molecule has 0 aliphatic carbocycles. The first-order valence-electron chi connectivity index (χ1n) is 5.18. The van der Waals surface area contributed by atoms with Crippen molar-refractivity contribution in [3.63, 3.8) is 0 Å². The maximum Gasteiger partial charge on any atom is 0.336 e. The lowest BCUT2D eigenvalue weighted by Crippen LogP contribution is -1.99. The summed E-state index contributed by atoms with van der Waals surface area (Å²) in [6.07, 6.45) is 0. The maximum absolute atomic E-state index is 11.2. The van der Waals surface area contributed by atoms with Gasteiger partial charge in [-0.3, -0.25) is 4.68 Å². The highest BCUT2D eigenvalue weighted by Crippen LogP contribution is 2.32. The molecule has 94 valence electrons. The van der Waals surface area contributed by atoms with Gasteiger partial charge in [-0.1, -0.05) is 23.4 Å². The fourth-order valence-corrected chi connectivity index (χ4v) is 2.75. The van der Waals surface area contributed by atoms with E-state index in [0.717, 1.165) is 10.7 Å². The predicted octanol–water partition coefficient (Wildman–Crippen LogP) is 3.23. The predicted molar refractivity (Wildman–Crippen MR) is 70.5 cm³/mol. The van der Waals surface area contributed by atoms with Crippen LogP contribution < -0.4 is 0 Å². The molecule has 0 aliphatic rings. The number of carbonyl (C=O) groups is 1. The number of aryl methyl sites for hydroxylation is 2. The fourth-order valence-electron chi connectivity index (χ4n) is 1.55. The van der Waals surface area contributed by atoms with Crippen molar-refractivity contribution < 1.29 is 9.90 Å². The van der Waals surface area contributed by atoms with Crippen molar-refractivity contribution in [3.05, 3.63) is 40.5 Å². The standard InChI is InChI=1S/C12H11ClN2O2S/c1-7-5-11(15(2)14-7)18-10-4-3-8(13)6-9(10)12(16)17/h3-6H,1-2H3,(H,16,17). The second-order valence-corrected chi connectivity index (χ2v) is 5.29. The van der Waals surface area contributed by atoms with E-state index in [0.29, 0.717) is 9.92 Å². The minimum Gasteiger partial charge on any atom is -0.478 e. The first kappa shape index (κ1) is 13.0. The van der Waals surface area contributed by atoms with Crippen LogP contribution in [-0.4, -0.2) is 20.9 Å². The minimum absolute atomic E-state index is 0.200. The molecule has 0 bridgehead atoms. The van der Waals surface area contributed by atoms with Gasteiger partial charge in [0.2, 0.25) is 0 Å². The number of carboxylic acid groups (broad SMARTS) is 1. The Morgan fingerprint density at radius 1 is 1.44 bits per heavy atom. The van der Waals surface area contributed by atoms with Crippen molar-refractivity contribution in [2.75, 3.05) is 0 Å². The second-order valence-electron chi connectivity index (χ2n) is 3.80. The molecule has 0 fully saturated rings. The molecule has 2 aromatic rings. The number of halogens is 1. The van der Waals surface area contributed by atoms with Gasteiger partial charge in [-0.15, -0.1) is 0 Å².